The maximum absolute atomic E-state index is 12.9. The molecule has 2 amide bonds. The van der Waals surface area contributed by atoms with E-state index in [1.807, 2.05) is 36.1 Å². The lowest BCUT2D eigenvalue weighted by molar-refractivity contribution is -0.126. The molecule has 1 saturated heterocycles. The summed E-state index contributed by atoms with van der Waals surface area (Å²) in [7, 11) is 1.63. The van der Waals surface area contributed by atoms with Gasteiger partial charge in [0.1, 0.15) is 11.4 Å². The Labute approximate surface area is 173 Å². The molecule has 0 bridgehead atoms. The first-order chi connectivity index (χ1) is 13.9. The summed E-state index contributed by atoms with van der Waals surface area (Å²) in [6, 6.07) is 7.64. The molecule has 2 N–H and O–H groups in total. The molecule has 1 aromatic heterocycles. The molecule has 1 aliphatic heterocycles. The Morgan fingerprint density at radius 3 is 2.59 bits per heavy atom. The number of aromatic amines is 1. The summed E-state index contributed by atoms with van der Waals surface area (Å²) in [6.07, 6.45) is 2.72. The molecule has 2 aromatic rings. The number of carbonyl (C=O) groups is 2. The van der Waals surface area contributed by atoms with Crippen molar-refractivity contribution in [1.82, 2.24) is 15.2 Å². The third-order valence-electron chi connectivity index (χ3n) is 6.03. The largest absolute Gasteiger partial charge is 0.497 e. The van der Waals surface area contributed by atoms with Crippen molar-refractivity contribution in [2.24, 2.45) is 17.8 Å². The summed E-state index contributed by atoms with van der Waals surface area (Å²) in [5.41, 5.74) is 1.50. The number of benzene rings is 1. The number of nitrogens with zero attached hydrogens (tertiary/aromatic N) is 1. The van der Waals surface area contributed by atoms with E-state index in [0.717, 1.165) is 42.5 Å². The van der Waals surface area contributed by atoms with Crippen LogP contribution in [0.5, 0.6) is 5.75 Å². The van der Waals surface area contributed by atoms with E-state index in [0.29, 0.717) is 30.6 Å². The molecule has 0 saturated carbocycles. The second-order valence-electron chi connectivity index (χ2n) is 8.53. The minimum absolute atomic E-state index is 0.0139. The Kier molecular flexibility index (Phi) is 6.83. The molecule has 0 radical (unpaired) electrons. The van der Waals surface area contributed by atoms with Gasteiger partial charge >= 0.3 is 0 Å². The number of carbonyl (C=O) groups excluding carboxylic acids is 2. The number of aromatic nitrogens is 1. The standard InChI is InChI=1S/C23H33N3O3/c1-15(2)7-10-24-22(27)16(3)17-8-11-26(12-9-17)23(28)21-13-18-5-6-19(29-4)14-20(18)25-21/h5-6,13-17,25H,7-12H2,1-4H3,(H,24,27)/t16-/m1/s1. The molecular formula is C23H33N3O3. The molecule has 1 fully saturated rings. The maximum atomic E-state index is 12.9. The van der Waals surface area contributed by atoms with Crippen LogP contribution in [0.15, 0.2) is 24.3 Å². The van der Waals surface area contributed by atoms with Gasteiger partial charge in [-0.05, 0) is 49.3 Å². The highest BCUT2D eigenvalue weighted by Crippen LogP contribution is 2.27. The van der Waals surface area contributed by atoms with Gasteiger partial charge < -0.3 is 19.9 Å². The predicted molar refractivity (Wildman–Crippen MR) is 115 cm³/mol. The summed E-state index contributed by atoms with van der Waals surface area (Å²) >= 11 is 0. The number of piperidine rings is 1. The molecule has 0 aliphatic carbocycles. The lowest BCUT2D eigenvalue weighted by Crippen LogP contribution is -2.43. The van der Waals surface area contributed by atoms with Crippen LogP contribution in [0.4, 0.5) is 0 Å². The van der Waals surface area contributed by atoms with E-state index in [9.17, 15) is 9.59 Å². The highest BCUT2D eigenvalue weighted by molar-refractivity contribution is 5.98. The lowest BCUT2D eigenvalue weighted by Gasteiger charge is -2.34. The fraction of sp³-hybridized carbons (Fsp3) is 0.565. The average Bonchev–Trinajstić information content (AvgIpc) is 3.15. The van der Waals surface area contributed by atoms with E-state index in [-0.39, 0.29) is 17.7 Å². The third-order valence-corrected chi connectivity index (χ3v) is 6.03. The zero-order valence-electron chi connectivity index (χ0n) is 18.0. The number of rotatable bonds is 7. The summed E-state index contributed by atoms with van der Waals surface area (Å²) in [6.45, 7) is 8.44. The van der Waals surface area contributed by atoms with Gasteiger partial charge in [0.05, 0.1) is 7.11 Å². The first kappa shape index (κ1) is 21.2. The second-order valence-corrected chi connectivity index (χ2v) is 8.53. The van der Waals surface area contributed by atoms with Gasteiger partial charge in [0.15, 0.2) is 0 Å². The molecular weight excluding hydrogens is 366 g/mol. The van der Waals surface area contributed by atoms with E-state index in [2.05, 4.69) is 24.1 Å². The Morgan fingerprint density at radius 1 is 1.21 bits per heavy atom. The molecule has 0 unspecified atom stereocenters. The minimum Gasteiger partial charge on any atom is -0.497 e. The first-order valence-electron chi connectivity index (χ1n) is 10.6. The normalized spacial score (nSPS) is 16.2. The number of fused-ring (bicyclic) bond motifs is 1. The quantitative estimate of drug-likeness (QED) is 0.743. The van der Waals surface area contributed by atoms with Gasteiger partial charge in [-0.25, -0.2) is 0 Å². The molecule has 2 heterocycles. The zero-order chi connectivity index (χ0) is 21.0. The Morgan fingerprint density at radius 2 is 1.93 bits per heavy atom. The Hall–Kier alpha value is -2.50. The molecule has 3 rings (SSSR count). The van der Waals surface area contributed by atoms with Crippen LogP contribution >= 0.6 is 0 Å². The molecule has 1 atom stereocenters. The molecule has 6 heteroatoms. The smallest absolute Gasteiger partial charge is 0.270 e. The van der Waals surface area contributed by atoms with Crippen molar-refractivity contribution in [1.29, 1.82) is 0 Å². The van der Waals surface area contributed by atoms with Gasteiger partial charge in [0.2, 0.25) is 5.91 Å². The van der Waals surface area contributed by atoms with E-state index in [4.69, 9.17) is 4.74 Å². The summed E-state index contributed by atoms with van der Waals surface area (Å²) in [4.78, 5) is 30.4. The monoisotopic (exact) mass is 399 g/mol. The average molecular weight is 400 g/mol. The second kappa shape index (κ2) is 9.33. The number of hydrogen-bond acceptors (Lipinski definition) is 3. The number of methoxy groups -OCH3 is 1. The SMILES string of the molecule is COc1ccc2cc(C(=O)N3CCC([C@@H](C)C(=O)NCCC(C)C)CC3)[nH]c2c1. The Balaban J connectivity index is 1.54. The van der Waals surface area contributed by atoms with Crippen molar-refractivity contribution in [3.63, 3.8) is 0 Å². The number of ether oxygens (including phenoxy) is 1. The van der Waals surface area contributed by atoms with E-state index < -0.39 is 0 Å². The number of nitrogens with one attached hydrogen (secondary N) is 2. The molecule has 158 valence electrons. The first-order valence-corrected chi connectivity index (χ1v) is 10.6. The van der Waals surface area contributed by atoms with Crippen molar-refractivity contribution in [3.8, 4) is 5.75 Å². The van der Waals surface area contributed by atoms with Crippen LogP contribution < -0.4 is 10.1 Å². The predicted octanol–water partition coefficient (Wildman–Crippen LogP) is 3.83. The van der Waals surface area contributed by atoms with Gasteiger partial charge in [-0.15, -0.1) is 0 Å². The van der Waals surface area contributed by atoms with Crippen LogP contribution in [-0.4, -0.2) is 48.4 Å². The van der Waals surface area contributed by atoms with Gasteiger partial charge in [-0.3, -0.25) is 9.59 Å². The molecule has 0 spiro atoms. The van der Waals surface area contributed by atoms with Gasteiger partial charge in [-0.1, -0.05) is 20.8 Å². The molecule has 29 heavy (non-hydrogen) atoms. The molecule has 1 aromatic carbocycles. The molecule has 6 nitrogen and oxygen atoms in total. The molecule has 1 aliphatic rings. The topological polar surface area (TPSA) is 74.4 Å². The Bertz CT molecular complexity index is 850. The highest BCUT2D eigenvalue weighted by atomic mass is 16.5. The van der Waals surface area contributed by atoms with E-state index >= 15 is 0 Å². The van der Waals surface area contributed by atoms with Crippen molar-refractivity contribution >= 4 is 22.7 Å². The van der Waals surface area contributed by atoms with Crippen molar-refractivity contribution in [2.75, 3.05) is 26.7 Å². The van der Waals surface area contributed by atoms with Crippen LogP contribution in [0.3, 0.4) is 0 Å². The van der Waals surface area contributed by atoms with Crippen molar-refractivity contribution in [2.45, 2.75) is 40.0 Å². The van der Waals surface area contributed by atoms with Crippen molar-refractivity contribution in [3.05, 3.63) is 30.0 Å². The fourth-order valence-electron chi connectivity index (χ4n) is 3.98. The fourth-order valence-corrected chi connectivity index (χ4v) is 3.98. The van der Waals surface area contributed by atoms with Gasteiger partial charge in [0, 0.05) is 42.5 Å². The van der Waals surface area contributed by atoms with Crippen molar-refractivity contribution < 1.29 is 14.3 Å². The third kappa shape index (κ3) is 5.11. The number of amides is 2. The minimum atomic E-state index is -0.0139. The maximum Gasteiger partial charge on any atom is 0.270 e. The van der Waals surface area contributed by atoms with Gasteiger partial charge in [-0.2, -0.15) is 0 Å². The number of hydrogen-bond donors (Lipinski definition) is 2. The van der Waals surface area contributed by atoms with E-state index in [1.165, 1.54) is 0 Å². The number of likely N-dealkylation sites (tertiary alicyclic amines) is 1. The van der Waals surface area contributed by atoms with E-state index in [1.54, 1.807) is 7.11 Å². The highest BCUT2D eigenvalue weighted by Gasteiger charge is 2.30. The zero-order valence-corrected chi connectivity index (χ0v) is 18.0. The summed E-state index contributed by atoms with van der Waals surface area (Å²) in [5, 5.41) is 4.06. The van der Waals surface area contributed by atoms with Crippen LogP contribution in [0.2, 0.25) is 0 Å². The lowest BCUT2D eigenvalue weighted by atomic mass is 9.84. The van der Waals surface area contributed by atoms with Crippen LogP contribution in [-0.2, 0) is 4.79 Å². The summed E-state index contributed by atoms with van der Waals surface area (Å²) < 4.78 is 5.25. The van der Waals surface area contributed by atoms with Crippen LogP contribution in [0.25, 0.3) is 10.9 Å². The van der Waals surface area contributed by atoms with Crippen LogP contribution in [0.1, 0.15) is 50.5 Å². The number of H-pyrrole nitrogens is 1. The van der Waals surface area contributed by atoms with Gasteiger partial charge in [0.25, 0.3) is 5.91 Å². The van der Waals surface area contributed by atoms with Crippen LogP contribution in [0, 0.1) is 17.8 Å². The summed E-state index contributed by atoms with van der Waals surface area (Å²) in [5.74, 6) is 1.82.